The van der Waals surface area contributed by atoms with Crippen LogP contribution in [0.15, 0.2) is 41.8 Å². The molecule has 0 bridgehead atoms. The quantitative estimate of drug-likeness (QED) is 0.394. The summed E-state index contributed by atoms with van der Waals surface area (Å²) in [5.74, 6) is 1.09. The number of rotatable bonds is 7. The molecule has 188 valence electrons. The summed E-state index contributed by atoms with van der Waals surface area (Å²) in [6.07, 6.45) is 2.31. The summed E-state index contributed by atoms with van der Waals surface area (Å²) >= 11 is 1.51. The van der Waals surface area contributed by atoms with Gasteiger partial charge in [-0.3, -0.25) is 4.79 Å². The van der Waals surface area contributed by atoms with Crippen LogP contribution in [0.3, 0.4) is 0 Å². The first-order valence-electron chi connectivity index (χ1n) is 12.0. The zero-order chi connectivity index (χ0) is 25.2. The number of imidazole rings is 1. The van der Waals surface area contributed by atoms with E-state index in [1.165, 1.54) is 23.5 Å². The van der Waals surface area contributed by atoms with Crippen LogP contribution in [0, 0.1) is 5.82 Å². The smallest absolute Gasteiger partial charge is 0.245 e. The van der Waals surface area contributed by atoms with E-state index >= 15 is 0 Å². The number of aromatic nitrogens is 4. The van der Waals surface area contributed by atoms with E-state index in [4.69, 9.17) is 20.2 Å². The number of hydrogen-bond donors (Lipinski definition) is 2. The first-order valence-corrected chi connectivity index (χ1v) is 12.8. The minimum Gasteiger partial charge on any atom is -0.387 e. The number of aliphatic hydroxyl groups excluding tert-OH is 1. The molecule has 0 aliphatic carbocycles. The summed E-state index contributed by atoms with van der Waals surface area (Å²) in [5, 5.41) is 19.5. The predicted molar refractivity (Wildman–Crippen MR) is 138 cm³/mol. The van der Waals surface area contributed by atoms with E-state index in [0.29, 0.717) is 0 Å². The van der Waals surface area contributed by atoms with Crippen molar-refractivity contribution >= 4 is 39.7 Å². The topological polar surface area (TPSA) is 98.9 Å². The molecule has 4 aromatic rings. The second-order valence-corrected chi connectivity index (χ2v) is 9.60. The molecule has 2 N–H and O–H groups in total. The number of anilines is 3. The highest BCUT2D eigenvalue weighted by Gasteiger charge is 2.24. The molecule has 0 atom stereocenters. The summed E-state index contributed by atoms with van der Waals surface area (Å²) in [5.41, 5.74) is 3.34. The predicted octanol–water partition coefficient (Wildman–Crippen LogP) is 3.40. The molecule has 4 heterocycles. The van der Waals surface area contributed by atoms with Gasteiger partial charge >= 0.3 is 0 Å². The molecule has 36 heavy (non-hydrogen) atoms. The fourth-order valence-electron chi connectivity index (χ4n) is 4.49. The molecule has 1 aliphatic heterocycles. The van der Waals surface area contributed by atoms with Crippen LogP contribution < -0.4 is 15.1 Å². The van der Waals surface area contributed by atoms with E-state index in [9.17, 15) is 9.18 Å². The third kappa shape index (κ3) is 4.76. The Morgan fingerprint density at radius 2 is 1.94 bits per heavy atom. The van der Waals surface area contributed by atoms with Gasteiger partial charge < -0.3 is 20.2 Å². The standard InChI is InChI=1S/C25H28FN7O2S/c1-3-19-24(31(2)25-29-20(15-36-25)16-4-6-17(26)7-5-16)33-21(28-19)8-9-22(30-33)32-12-10-18(11-13-32)27-23(35)14-34/h4-9,15,18,34H,3,10-14H2,1-2H3,(H,27,35). The number of aryl methyl sites for hydroxylation is 1. The first kappa shape index (κ1) is 24.1. The van der Waals surface area contributed by atoms with Crippen molar-refractivity contribution in [2.45, 2.75) is 32.2 Å². The number of aliphatic hydroxyl groups is 1. The van der Waals surface area contributed by atoms with E-state index < -0.39 is 6.61 Å². The van der Waals surface area contributed by atoms with Crippen molar-refractivity contribution in [3.05, 3.63) is 53.3 Å². The van der Waals surface area contributed by atoms with Gasteiger partial charge in [0.05, 0.1) is 11.4 Å². The molecule has 1 aliphatic rings. The Morgan fingerprint density at radius 3 is 2.64 bits per heavy atom. The van der Waals surface area contributed by atoms with Crippen molar-refractivity contribution in [2.75, 3.05) is 36.5 Å². The van der Waals surface area contributed by atoms with Gasteiger partial charge in [-0.15, -0.1) is 16.4 Å². The molecule has 1 fully saturated rings. The molecule has 0 unspecified atom stereocenters. The molecule has 1 aromatic carbocycles. The van der Waals surface area contributed by atoms with Gasteiger partial charge in [-0.1, -0.05) is 6.92 Å². The Kier molecular flexibility index (Phi) is 6.84. The third-order valence-corrected chi connectivity index (χ3v) is 7.33. The highest BCUT2D eigenvalue weighted by atomic mass is 32.1. The minimum atomic E-state index is -0.486. The van der Waals surface area contributed by atoms with Gasteiger partial charge in [-0.25, -0.2) is 14.4 Å². The van der Waals surface area contributed by atoms with E-state index in [0.717, 1.165) is 71.7 Å². The van der Waals surface area contributed by atoms with Gasteiger partial charge in [0, 0.05) is 37.1 Å². The lowest BCUT2D eigenvalue weighted by molar-refractivity contribution is -0.124. The number of hydrogen-bond acceptors (Lipinski definition) is 8. The molecule has 1 saturated heterocycles. The lowest BCUT2D eigenvalue weighted by Crippen LogP contribution is -2.45. The fourth-order valence-corrected chi connectivity index (χ4v) is 5.29. The number of halogens is 1. The van der Waals surface area contributed by atoms with Gasteiger partial charge in [0.1, 0.15) is 18.2 Å². The lowest BCUT2D eigenvalue weighted by Gasteiger charge is -2.33. The Balaban J connectivity index is 1.41. The molecule has 0 spiro atoms. The van der Waals surface area contributed by atoms with Crippen molar-refractivity contribution < 1.29 is 14.3 Å². The largest absolute Gasteiger partial charge is 0.387 e. The number of carbonyl (C=O) groups excluding carboxylic acids is 1. The Morgan fingerprint density at radius 1 is 1.19 bits per heavy atom. The number of piperidine rings is 1. The molecule has 0 saturated carbocycles. The molecule has 9 nitrogen and oxygen atoms in total. The molecule has 3 aromatic heterocycles. The number of nitrogens with zero attached hydrogens (tertiary/aromatic N) is 6. The molecule has 1 amide bonds. The average molecular weight is 510 g/mol. The fraction of sp³-hybridized carbons (Fsp3) is 0.360. The molecule has 0 radical (unpaired) electrons. The normalized spacial score (nSPS) is 14.4. The summed E-state index contributed by atoms with van der Waals surface area (Å²) in [6, 6.07) is 10.3. The summed E-state index contributed by atoms with van der Waals surface area (Å²) in [6.45, 7) is 3.09. The molecule has 11 heteroatoms. The minimum absolute atomic E-state index is 0.0615. The van der Waals surface area contributed by atoms with E-state index in [1.807, 2.05) is 34.0 Å². The summed E-state index contributed by atoms with van der Waals surface area (Å²) in [7, 11) is 1.96. The Labute approximate surface area is 212 Å². The highest BCUT2D eigenvalue weighted by Crippen LogP contribution is 2.33. The van der Waals surface area contributed by atoms with Gasteiger partial charge in [0.15, 0.2) is 16.6 Å². The monoisotopic (exact) mass is 509 g/mol. The zero-order valence-electron chi connectivity index (χ0n) is 20.2. The van der Waals surface area contributed by atoms with Gasteiger partial charge in [0.25, 0.3) is 0 Å². The van der Waals surface area contributed by atoms with Crippen LogP contribution >= 0.6 is 11.3 Å². The van der Waals surface area contributed by atoms with Gasteiger partial charge in [-0.2, -0.15) is 4.52 Å². The molecular weight excluding hydrogens is 481 g/mol. The zero-order valence-corrected chi connectivity index (χ0v) is 21.0. The number of nitrogens with one attached hydrogen (secondary N) is 1. The summed E-state index contributed by atoms with van der Waals surface area (Å²) in [4.78, 5) is 25.3. The van der Waals surface area contributed by atoms with Crippen LogP contribution in [0.4, 0.5) is 21.2 Å². The van der Waals surface area contributed by atoms with Crippen LogP contribution in [0.1, 0.15) is 25.5 Å². The van der Waals surface area contributed by atoms with Crippen LogP contribution in [-0.2, 0) is 11.2 Å². The van der Waals surface area contributed by atoms with Crippen LogP contribution in [-0.4, -0.2) is 63.4 Å². The second-order valence-electron chi connectivity index (χ2n) is 8.77. The van der Waals surface area contributed by atoms with E-state index in [2.05, 4.69) is 17.1 Å². The highest BCUT2D eigenvalue weighted by molar-refractivity contribution is 7.14. The number of carbonyl (C=O) groups is 1. The SMILES string of the molecule is CCc1nc2ccc(N3CCC(NC(=O)CO)CC3)nn2c1N(C)c1nc(-c2ccc(F)cc2)cs1. The van der Waals surface area contributed by atoms with E-state index in [-0.39, 0.29) is 17.8 Å². The Hall–Kier alpha value is -3.57. The van der Waals surface area contributed by atoms with Crippen LogP contribution in [0.2, 0.25) is 0 Å². The second kappa shape index (κ2) is 10.2. The molecular formula is C25H28FN7O2S. The number of amides is 1. The number of benzene rings is 1. The van der Waals surface area contributed by atoms with Crippen molar-refractivity contribution in [1.82, 2.24) is 24.9 Å². The third-order valence-electron chi connectivity index (χ3n) is 6.41. The number of thiazole rings is 1. The van der Waals surface area contributed by atoms with Crippen LogP contribution in [0.25, 0.3) is 16.9 Å². The van der Waals surface area contributed by atoms with Crippen molar-refractivity contribution in [1.29, 1.82) is 0 Å². The van der Waals surface area contributed by atoms with Crippen LogP contribution in [0.5, 0.6) is 0 Å². The van der Waals surface area contributed by atoms with Crippen molar-refractivity contribution in [2.24, 2.45) is 0 Å². The molecule has 5 rings (SSSR count). The first-order chi connectivity index (χ1) is 17.5. The van der Waals surface area contributed by atoms with Crippen molar-refractivity contribution in [3.8, 4) is 11.3 Å². The Bertz CT molecular complexity index is 1360. The van der Waals surface area contributed by atoms with Crippen molar-refractivity contribution in [3.63, 3.8) is 0 Å². The van der Waals surface area contributed by atoms with E-state index in [1.54, 1.807) is 12.1 Å². The van der Waals surface area contributed by atoms with Gasteiger partial charge in [0.2, 0.25) is 5.91 Å². The maximum absolute atomic E-state index is 13.3. The summed E-state index contributed by atoms with van der Waals surface area (Å²) < 4.78 is 15.2. The lowest BCUT2D eigenvalue weighted by atomic mass is 10.1. The number of fused-ring (bicyclic) bond motifs is 1. The maximum Gasteiger partial charge on any atom is 0.245 e. The maximum atomic E-state index is 13.3. The average Bonchev–Trinajstić information content (AvgIpc) is 3.54. The van der Waals surface area contributed by atoms with Gasteiger partial charge in [-0.05, 0) is 55.7 Å².